The molecule has 1 heterocycles. The van der Waals surface area contributed by atoms with Gasteiger partial charge in [-0.3, -0.25) is 0 Å². The summed E-state index contributed by atoms with van der Waals surface area (Å²) in [5.41, 5.74) is 8.00. The van der Waals surface area contributed by atoms with Crippen LogP contribution in [-0.2, 0) is 17.4 Å². The zero-order valence-electron chi connectivity index (χ0n) is 10.2. The second-order valence-electron chi connectivity index (χ2n) is 6.04. The van der Waals surface area contributed by atoms with E-state index in [1.165, 1.54) is 41.3 Å². The van der Waals surface area contributed by atoms with E-state index >= 15 is 0 Å². The molecule has 3 heteroatoms. The Labute approximate surface area is 101 Å². The zero-order valence-corrected chi connectivity index (χ0v) is 11.0. The smallest absolute Gasteiger partial charge is 0.113 e. The molecule has 2 aliphatic rings. The molecule has 1 aromatic rings. The Morgan fingerprint density at radius 3 is 2.50 bits per heavy atom. The van der Waals surface area contributed by atoms with Gasteiger partial charge in [0, 0.05) is 10.3 Å². The van der Waals surface area contributed by atoms with Gasteiger partial charge in [-0.15, -0.1) is 11.3 Å². The average Bonchev–Trinajstić information content (AvgIpc) is 2.85. The van der Waals surface area contributed by atoms with E-state index in [9.17, 15) is 0 Å². The number of nitrogens with zero attached hydrogens (tertiary/aromatic N) is 1. The van der Waals surface area contributed by atoms with Gasteiger partial charge < -0.3 is 5.73 Å². The highest BCUT2D eigenvalue weighted by molar-refractivity contribution is 7.12. The Morgan fingerprint density at radius 2 is 1.88 bits per heavy atom. The minimum Gasteiger partial charge on any atom is -0.319 e. The molecule has 0 bridgehead atoms. The van der Waals surface area contributed by atoms with Crippen LogP contribution in [0.3, 0.4) is 0 Å². The molecule has 0 spiro atoms. The summed E-state index contributed by atoms with van der Waals surface area (Å²) in [6, 6.07) is 0. The minimum atomic E-state index is -0.0922. The van der Waals surface area contributed by atoms with Crippen LogP contribution in [0.5, 0.6) is 0 Å². The summed E-state index contributed by atoms with van der Waals surface area (Å²) in [6.45, 7) is 4.61. The molecule has 1 saturated carbocycles. The van der Waals surface area contributed by atoms with Crippen LogP contribution in [0.25, 0.3) is 0 Å². The molecule has 0 aromatic carbocycles. The summed E-state index contributed by atoms with van der Waals surface area (Å²) in [5, 5.41) is 1.21. The third kappa shape index (κ3) is 1.45. The number of rotatable bonds is 1. The predicted molar refractivity (Wildman–Crippen MR) is 67.8 cm³/mol. The third-order valence-corrected chi connectivity index (χ3v) is 5.57. The summed E-state index contributed by atoms with van der Waals surface area (Å²) < 4.78 is 0. The molecule has 3 rings (SSSR count). The first-order chi connectivity index (χ1) is 7.51. The van der Waals surface area contributed by atoms with Crippen molar-refractivity contribution in [2.24, 2.45) is 5.73 Å². The number of fused-ring (bicyclic) bond motifs is 1. The third-order valence-electron chi connectivity index (χ3n) is 4.24. The van der Waals surface area contributed by atoms with Gasteiger partial charge in [-0.1, -0.05) is 26.7 Å². The number of aromatic nitrogens is 1. The van der Waals surface area contributed by atoms with Gasteiger partial charge in [0.15, 0.2) is 0 Å². The first-order valence-electron chi connectivity index (χ1n) is 6.31. The van der Waals surface area contributed by atoms with Crippen LogP contribution < -0.4 is 5.73 Å². The number of hydrogen-bond donors (Lipinski definition) is 1. The molecule has 0 aliphatic heterocycles. The lowest BCUT2D eigenvalue weighted by atomic mass is 9.91. The SMILES string of the molecule is CC1(C)CCc2sc(C3(N)CCCC3)nc21. The number of nitrogens with two attached hydrogens (primary N) is 1. The second kappa shape index (κ2) is 3.30. The summed E-state index contributed by atoms with van der Waals surface area (Å²) in [4.78, 5) is 6.39. The lowest BCUT2D eigenvalue weighted by Crippen LogP contribution is -2.33. The van der Waals surface area contributed by atoms with Gasteiger partial charge in [0.25, 0.3) is 0 Å². The monoisotopic (exact) mass is 236 g/mol. The highest BCUT2D eigenvalue weighted by Gasteiger charge is 2.39. The normalized spacial score (nSPS) is 25.9. The molecule has 2 N–H and O–H groups in total. The fraction of sp³-hybridized carbons (Fsp3) is 0.769. The largest absolute Gasteiger partial charge is 0.319 e. The molecule has 0 atom stereocenters. The Balaban J connectivity index is 2.00. The van der Waals surface area contributed by atoms with Crippen LogP contribution in [0.1, 0.15) is 61.5 Å². The van der Waals surface area contributed by atoms with Crippen molar-refractivity contribution in [2.75, 3.05) is 0 Å². The Hall–Kier alpha value is -0.410. The van der Waals surface area contributed by atoms with Crippen LogP contribution in [-0.4, -0.2) is 4.98 Å². The van der Waals surface area contributed by atoms with Crippen molar-refractivity contribution < 1.29 is 0 Å². The molecule has 2 nitrogen and oxygen atoms in total. The van der Waals surface area contributed by atoms with Crippen molar-refractivity contribution in [3.8, 4) is 0 Å². The van der Waals surface area contributed by atoms with E-state index in [-0.39, 0.29) is 11.0 Å². The van der Waals surface area contributed by atoms with E-state index in [4.69, 9.17) is 10.7 Å². The van der Waals surface area contributed by atoms with Crippen molar-refractivity contribution in [3.63, 3.8) is 0 Å². The van der Waals surface area contributed by atoms with Crippen molar-refractivity contribution in [2.45, 2.75) is 63.3 Å². The van der Waals surface area contributed by atoms with Crippen LogP contribution in [0, 0.1) is 0 Å². The molecular weight excluding hydrogens is 216 g/mol. The summed E-state index contributed by atoms with van der Waals surface area (Å²) in [6.07, 6.45) is 7.24. The van der Waals surface area contributed by atoms with Crippen LogP contribution in [0.15, 0.2) is 0 Å². The Morgan fingerprint density at radius 1 is 1.19 bits per heavy atom. The molecule has 88 valence electrons. The lowest BCUT2D eigenvalue weighted by molar-refractivity contribution is 0.449. The predicted octanol–water partition coefficient (Wildman–Crippen LogP) is 3.09. The van der Waals surface area contributed by atoms with Crippen molar-refractivity contribution >= 4 is 11.3 Å². The van der Waals surface area contributed by atoms with Gasteiger partial charge in [-0.2, -0.15) is 0 Å². The van der Waals surface area contributed by atoms with Gasteiger partial charge in [-0.05, 0) is 25.7 Å². The molecule has 0 radical (unpaired) electrons. The average molecular weight is 236 g/mol. The van der Waals surface area contributed by atoms with E-state index in [0.717, 1.165) is 12.8 Å². The summed E-state index contributed by atoms with van der Waals surface area (Å²) in [5.74, 6) is 0. The fourth-order valence-electron chi connectivity index (χ4n) is 3.03. The summed E-state index contributed by atoms with van der Waals surface area (Å²) >= 11 is 1.88. The highest BCUT2D eigenvalue weighted by atomic mass is 32.1. The molecular formula is C13H20N2S. The maximum atomic E-state index is 6.48. The minimum absolute atomic E-state index is 0.0922. The van der Waals surface area contributed by atoms with E-state index < -0.39 is 0 Å². The van der Waals surface area contributed by atoms with Gasteiger partial charge in [0.05, 0.1) is 11.2 Å². The van der Waals surface area contributed by atoms with Crippen molar-refractivity contribution in [1.29, 1.82) is 0 Å². The maximum Gasteiger partial charge on any atom is 0.113 e. The molecule has 2 aliphatic carbocycles. The fourth-order valence-corrected chi connectivity index (χ4v) is 4.43. The van der Waals surface area contributed by atoms with E-state index in [1.54, 1.807) is 0 Å². The van der Waals surface area contributed by atoms with Gasteiger partial charge in [0.1, 0.15) is 5.01 Å². The lowest BCUT2D eigenvalue weighted by Gasteiger charge is -2.21. The zero-order chi connectivity index (χ0) is 11.4. The van der Waals surface area contributed by atoms with Crippen LogP contribution >= 0.6 is 11.3 Å². The molecule has 1 fully saturated rings. The molecule has 0 saturated heterocycles. The first-order valence-corrected chi connectivity index (χ1v) is 7.12. The molecule has 0 unspecified atom stereocenters. The van der Waals surface area contributed by atoms with E-state index in [2.05, 4.69) is 13.8 Å². The molecule has 16 heavy (non-hydrogen) atoms. The number of hydrogen-bond acceptors (Lipinski definition) is 3. The van der Waals surface area contributed by atoms with Crippen molar-refractivity contribution in [3.05, 3.63) is 15.6 Å². The van der Waals surface area contributed by atoms with Gasteiger partial charge in [-0.25, -0.2) is 4.98 Å². The number of aryl methyl sites for hydroxylation is 1. The standard InChI is InChI=1S/C13H20N2S/c1-12(2)8-5-9-10(12)15-11(16-9)13(14)6-3-4-7-13/h3-8,14H2,1-2H3. The molecule has 0 amide bonds. The van der Waals surface area contributed by atoms with Gasteiger partial charge >= 0.3 is 0 Å². The van der Waals surface area contributed by atoms with E-state index in [1.807, 2.05) is 11.3 Å². The van der Waals surface area contributed by atoms with E-state index in [0.29, 0.717) is 0 Å². The second-order valence-corrected chi connectivity index (χ2v) is 7.12. The van der Waals surface area contributed by atoms with Crippen molar-refractivity contribution in [1.82, 2.24) is 4.98 Å². The molecule has 1 aromatic heterocycles. The highest BCUT2D eigenvalue weighted by Crippen LogP contribution is 2.45. The quantitative estimate of drug-likeness (QED) is 0.813. The Bertz CT molecular complexity index is 414. The number of thiazole rings is 1. The maximum absolute atomic E-state index is 6.48. The summed E-state index contributed by atoms with van der Waals surface area (Å²) in [7, 11) is 0. The van der Waals surface area contributed by atoms with Crippen LogP contribution in [0.4, 0.5) is 0 Å². The Kier molecular flexibility index (Phi) is 2.21. The first kappa shape index (κ1) is 10.7. The van der Waals surface area contributed by atoms with Gasteiger partial charge in [0.2, 0.25) is 0 Å². The topological polar surface area (TPSA) is 38.9 Å². The van der Waals surface area contributed by atoms with Crippen LogP contribution in [0.2, 0.25) is 0 Å².